The number of alkyl halides is 3. The van der Waals surface area contributed by atoms with Crippen LogP contribution in [0.5, 0.6) is 0 Å². The third-order valence-corrected chi connectivity index (χ3v) is 2.49. The number of amidine groups is 1. The Labute approximate surface area is 96.1 Å². The van der Waals surface area contributed by atoms with E-state index in [0.717, 1.165) is 6.07 Å². The minimum atomic E-state index is -4.42. The maximum absolute atomic E-state index is 12.8. The molecule has 1 aromatic carbocycles. The predicted octanol–water partition coefficient (Wildman–Crippen LogP) is 2.13. The van der Waals surface area contributed by atoms with Gasteiger partial charge < -0.3 is 10.5 Å². The molecule has 1 aromatic rings. The van der Waals surface area contributed by atoms with E-state index in [4.69, 9.17) is 10.5 Å². The summed E-state index contributed by atoms with van der Waals surface area (Å²) >= 11 is 0. The molecule has 0 radical (unpaired) electrons. The minimum absolute atomic E-state index is 0.0148. The number of rotatable bonds is 1. The molecule has 1 unspecified atom stereocenters. The van der Waals surface area contributed by atoms with Gasteiger partial charge in [-0.25, -0.2) is 0 Å². The van der Waals surface area contributed by atoms with Crippen molar-refractivity contribution in [2.45, 2.75) is 12.3 Å². The monoisotopic (exact) mass is 244 g/mol. The maximum Gasteiger partial charge on any atom is 0.416 e. The van der Waals surface area contributed by atoms with Gasteiger partial charge in [-0.1, -0.05) is 18.2 Å². The van der Waals surface area contributed by atoms with Crippen LogP contribution in [0.2, 0.25) is 0 Å². The number of hydrogen-bond acceptors (Lipinski definition) is 3. The Hall–Kier alpha value is -1.56. The maximum atomic E-state index is 12.8. The van der Waals surface area contributed by atoms with Crippen LogP contribution < -0.4 is 5.73 Å². The lowest BCUT2D eigenvalue weighted by Crippen LogP contribution is -2.31. The van der Waals surface area contributed by atoms with Crippen LogP contribution >= 0.6 is 0 Å². The Morgan fingerprint density at radius 3 is 2.65 bits per heavy atom. The first-order chi connectivity index (χ1) is 8.00. The highest BCUT2D eigenvalue weighted by atomic mass is 19.4. The molecule has 3 nitrogen and oxygen atoms in total. The Morgan fingerprint density at radius 1 is 1.29 bits per heavy atom. The number of halogens is 3. The molecular weight excluding hydrogens is 233 g/mol. The quantitative estimate of drug-likeness (QED) is 0.822. The number of aliphatic imine (C=N–C) groups is 1. The van der Waals surface area contributed by atoms with E-state index in [1.807, 2.05) is 0 Å². The smallest absolute Gasteiger partial charge is 0.385 e. The summed E-state index contributed by atoms with van der Waals surface area (Å²) in [6, 6.07) is 5.24. The van der Waals surface area contributed by atoms with Crippen LogP contribution in [0.25, 0.3) is 0 Å². The molecule has 0 fully saturated rings. The lowest BCUT2D eigenvalue weighted by atomic mass is 10.0. The molecule has 0 aliphatic carbocycles. The molecule has 2 rings (SSSR count). The summed E-state index contributed by atoms with van der Waals surface area (Å²) in [6.07, 6.45) is -5.32. The number of nitrogens with zero attached hydrogens (tertiary/aromatic N) is 1. The fourth-order valence-electron chi connectivity index (χ4n) is 1.75. The average molecular weight is 244 g/mol. The van der Waals surface area contributed by atoms with E-state index in [9.17, 15) is 13.2 Å². The molecule has 17 heavy (non-hydrogen) atoms. The second kappa shape index (κ2) is 4.37. The summed E-state index contributed by atoms with van der Waals surface area (Å²) in [5, 5.41) is 0. The molecule has 92 valence electrons. The van der Waals surface area contributed by atoms with E-state index < -0.39 is 17.8 Å². The van der Waals surface area contributed by atoms with Gasteiger partial charge in [0.15, 0.2) is 0 Å². The summed E-state index contributed by atoms with van der Waals surface area (Å²) in [6.45, 7) is 0.661. The summed E-state index contributed by atoms with van der Waals surface area (Å²) < 4.78 is 43.6. The van der Waals surface area contributed by atoms with Crippen LogP contribution in [0.4, 0.5) is 13.2 Å². The highest BCUT2D eigenvalue weighted by molar-refractivity contribution is 5.86. The number of benzene rings is 1. The molecular formula is C11H11F3N2O. The highest BCUT2D eigenvalue weighted by Crippen LogP contribution is 2.36. The third-order valence-electron chi connectivity index (χ3n) is 2.49. The van der Waals surface area contributed by atoms with Crippen LogP contribution in [0.15, 0.2) is 29.3 Å². The van der Waals surface area contributed by atoms with Gasteiger partial charge in [-0.2, -0.15) is 13.2 Å². The van der Waals surface area contributed by atoms with Gasteiger partial charge in [0.2, 0.25) is 0 Å². The van der Waals surface area contributed by atoms with Crippen molar-refractivity contribution in [2.75, 3.05) is 13.2 Å². The van der Waals surface area contributed by atoms with Crippen molar-refractivity contribution in [1.82, 2.24) is 0 Å². The first kappa shape index (κ1) is 11.9. The zero-order chi connectivity index (χ0) is 12.5. The topological polar surface area (TPSA) is 47.6 Å². The largest absolute Gasteiger partial charge is 0.416 e. The molecule has 0 spiro atoms. The molecule has 1 atom stereocenters. The van der Waals surface area contributed by atoms with E-state index in [0.29, 0.717) is 6.54 Å². The Kier molecular flexibility index (Phi) is 3.06. The molecule has 2 N–H and O–H groups in total. The van der Waals surface area contributed by atoms with E-state index in [2.05, 4.69) is 4.99 Å². The van der Waals surface area contributed by atoms with E-state index >= 15 is 0 Å². The first-order valence-corrected chi connectivity index (χ1v) is 5.07. The third kappa shape index (κ3) is 2.41. The zero-order valence-corrected chi connectivity index (χ0v) is 8.87. The van der Waals surface area contributed by atoms with Crippen LogP contribution in [0.1, 0.15) is 17.2 Å². The van der Waals surface area contributed by atoms with Crippen molar-refractivity contribution in [3.8, 4) is 0 Å². The fraction of sp³-hybridized carbons (Fsp3) is 0.364. The van der Waals surface area contributed by atoms with Crippen molar-refractivity contribution < 1.29 is 17.9 Å². The van der Waals surface area contributed by atoms with E-state index in [1.165, 1.54) is 18.2 Å². The molecule has 1 aliphatic heterocycles. The second-order valence-electron chi connectivity index (χ2n) is 3.64. The van der Waals surface area contributed by atoms with Crippen molar-refractivity contribution in [1.29, 1.82) is 0 Å². The Balaban J connectivity index is 2.45. The minimum Gasteiger partial charge on any atom is -0.385 e. The lowest BCUT2D eigenvalue weighted by molar-refractivity contribution is -0.139. The number of hydrogen-bond donors (Lipinski definition) is 1. The highest BCUT2D eigenvalue weighted by Gasteiger charge is 2.36. The standard InChI is InChI=1S/C11H11F3N2O/c12-11(13,14)8-4-2-1-3-7(8)9-10(15)16-5-6-17-9/h1-4,9H,5-6H2,(H2,15,16). The average Bonchev–Trinajstić information content (AvgIpc) is 2.28. The summed E-state index contributed by atoms with van der Waals surface area (Å²) in [4.78, 5) is 3.91. The van der Waals surface area contributed by atoms with Gasteiger partial charge in [0.05, 0.1) is 18.7 Å². The molecule has 0 bridgehead atoms. The number of nitrogens with two attached hydrogens (primary N) is 1. The van der Waals surface area contributed by atoms with E-state index in [1.54, 1.807) is 0 Å². The van der Waals surface area contributed by atoms with Crippen LogP contribution in [-0.2, 0) is 10.9 Å². The molecule has 0 saturated heterocycles. The normalized spacial score (nSPS) is 21.1. The summed E-state index contributed by atoms with van der Waals surface area (Å²) in [7, 11) is 0. The van der Waals surface area contributed by atoms with Crippen LogP contribution in [0, 0.1) is 0 Å². The van der Waals surface area contributed by atoms with Crippen molar-refractivity contribution in [3.05, 3.63) is 35.4 Å². The fourth-order valence-corrected chi connectivity index (χ4v) is 1.75. The van der Waals surface area contributed by atoms with Gasteiger partial charge in [-0.3, -0.25) is 4.99 Å². The van der Waals surface area contributed by atoms with Gasteiger partial charge >= 0.3 is 6.18 Å². The Bertz CT molecular complexity index is 443. The lowest BCUT2D eigenvalue weighted by Gasteiger charge is -2.24. The summed E-state index contributed by atoms with van der Waals surface area (Å²) in [5.74, 6) is 0.0907. The van der Waals surface area contributed by atoms with Crippen molar-refractivity contribution in [2.24, 2.45) is 10.7 Å². The van der Waals surface area contributed by atoms with Gasteiger partial charge in [0.1, 0.15) is 11.9 Å². The second-order valence-corrected chi connectivity index (χ2v) is 3.64. The van der Waals surface area contributed by atoms with Gasteiger partial charge in [0.25, 0.3) is 0 Å². The van der Waals surface area contributed by atoms with Gasteiger partial charge in [-0.05, 0) is 6.07 Å². The SMILES string of the molecule is NC1=NCCOC1c1ccccc1C(F)(F)F. The molecule has 0 amide bonds. The molecule has 0 aromatic heterocycles. The van der Waals surface area contributed by atoms with Crippen LogP contribution in [-0.4, -0.2) is 19.0 Å². The van der Waals surface area contributed by atoms with Crippen molar-refractivity contribution >= 4 is 5.84 Å². The predicted molar refractivity (Wildman–Crippen MR) is 56.6 cm³/mol. The summed E-state index contributed by atoms with van der Waals surface area (Å²) in [5.41, 5.74) is 4.86. The van der Waals surface area contributed by atoms with Gasteiger partial charge in [-0.15, -0.1) is 0 Å². The first-order valence-electron chi connectivity index (χ1n) is 5.07. The number of ether oxygens (including phenoxy) is 1. The van der Waals surface area contributed by atoms with Gasteiger partial charge in [0, 0.05) is 5.56 Å². The van der Waals surface area contributed by atoms with E-state index in [-0.39, 0.29) is 18.0 Å². The zero-order valence-electron chi connectivity index (χ0n) is 8.87. The molecule has 1 heterocycles. The molecule has 6 heteroatoms. The van der Waals surface area contributed by atoms with Crippen molar-refractivity contribution in [3.63, 3.8) is 0 Å². The Morgan fingerprint density at radius 2 is 2.00 bits per heavy atom. The van der Waals surface area contributed by atoms with Crippen LogP contribution in [0.3, 0.4) is 0 Å². The molecule has 1 aliphatic rings. The molecule has 0 saturated carbocycles.